The molecule has 0 aliphatic rings. The molecule has 0 N–H and O–H groups in total. The lowest BCUT2D eigenvalue weighted by Gasteiger charge is -2.19. The standard InChI is InChI=1S/C16H14O4/c1-20-14-7-5-12(6-8-14)15(16(18)19)13-4-2-3-11(9-13)10-17/h2-10,15H,1H3,(H,18,19)/p-1. The van der Waals surface area contributed by atoms with Gasteiger partial charge in [0.05, 0.1) is 13.1 Å². The normalized spacial score (nSPS) is 11.7. The summed E-state index contributed by atoms with van der Waals surface area (Å²) in [6.07, 6.45) is 0.684. The van der Waals surface area contributed by atoms with Crippen molar-refractivity contribution in [3.05, 3.63) is 65.2 Å². The number of hydrogen-bond donors (Lipinski definition) is 0. The minimum Gasteiger partial charge on any atom is -0.549 e. The Bertz CT molecular complexity index is 617. The molecule has 0 aliphatic heterocycles. The molecule has 0 saturated heterocycles. The Morgan fingerprint density at radius 2 is 1.85 bits per heavy atom. The Balaban J connectivity index is 2.44. The summed E-state index contributed by atoms with van der Waals surface area (Å²) in [5.41, 5.74) is 1.52. The minimum absolute atomic E-state index is 0.433. The number of aldehydes is 1. The van der Waals surface area contributed by atoms with Crippen LogP contribution in [0.25, 0.3) is 0 Å². The van der Waals surface area contributed by atoms with E-state index in [-0.39, 0.29) is 0 Å². The first-order chi connectivity index (χ1) is 9.65. The summed E-state index contributed by atoms with van der Waals surface area (Å²) in [6, 6.07) is 13.2. The van der Waals surface area contributed by atoms with Crippen molar-refractivity contribution in [2.75, 3.05) is 7.11 Å². The monoisotopic (exact) mass is 269 g/mol. The van der Waals surface area contributed by atoms with Gasteiger partial charge in [0.25, 0.3) is 0 Å². The lowest BCUT2D eigenvalue weighted by atomic mass is 9.90. The quantitative estimate of drug-likeness (QED) is 0.769. The van der Waals surface area contributed by atoms with Crippen LogP contribution in [0.2, 0.25) is 0 Å². The molecule has 4 nitrogen and oxygen atoms in total. The van der Waals surface area contributed by atoms with Crippen LogP contribution in [-0.2, 0) is 4.79 Å². The summed E-state index contributed by atoms with van der Waals surface area (Å²) in [5, 5.41) is 11.4. The highest BCUT2D eigenvalue weighted by atomic mass is 16.5. The average Bonchev–Trinajstić information content (AvgIpc) is 2.48. The van der Waals surface area contributed by atoms with Crippen LogP contribution in [0.3, 0.4) is 0 Å². The third-order valence-corrected chi connectivity index (χ3v) is 3.06. The zero-order valence-corrected chi connectivity index (χ0v) is 10.9. The van der Waals surface area contributed by atoms with Crippen molar-refractivity contribution in [1.82, 2.24) is 0 Å². The summed E-state index contributed by atoms with van der Waals surface area (Å²) >= 11 is 0. The van der Waals surface area contributed by atoms with Crippen LogP contribution in [0, 0.1) is 0 Å². The molecule has 2 aromatic rings. The first kappa shape index (κ1) is 13.8. The van der Waals surface area contributed by atoms with Gasteiger partial charge in [0.2, 0.25) is 0 Å². The minimum atomic E-state index is -1.21. The first-order valence-corrected chi connectivity index (χ1v) is 6.05. The molecule has 0 aliphatic carbocycles. The summed E-state index contributed by atoms with van der Waals surface area (Å²) in [4.78, 5) is 22.2. The Morgan fingerprint density at radius 1 is 1.15 bits per heavy atom. The van der Waals surface area contributed by atoms with Crippen LogP contribution >= 0.6 is 0 Å². The molecule has 2 aromatic carbocycles. The fourth-order valence-electron chi connectivity index (χ4n) is 2.07. The van der Waals surface area contributed by atoms with Gasteiger partial charge < -0.3 is 14.6 Å². The van der Waals surface area contributed by atoms with Crippen molar-refractivity contribution in [3.8, 4) is 5.75 Å². The Hall–Kier alpha value is -2.62. The number of methoxy groups -OCH3 is 1. The molecule has 102 valence electrons. The highest BCUT2D eigenvalue weighted by Crippen LogP contribution is 2.26. The fourth-order valence-corrected chi connectivity index (χ4v) is 2.07. The second-order valence-electron chi connectivity index (χ2n) is 4.31. The van der Waals surface area contributed by atoms with E-state index in [1.807, 2.05) is 0 Å². The summed E-state index contributed by atoms with van der Waals surface area (Å²) < 4.78 is 5.04. The maximum absolute atomic E-state index is 11.4. The van der Waals surface area contributed by atoms with Gasteiger partial charge in [-0.2, -0.15) is 0 Å². The van der Waals surface area contributed by atoms with Gasteiger partial charge in [-0.3, -0.25) is 4.79 Å². The van der Waals surface area contributed by atoms with Crippen molar-refractivity contribution < 1.29 is 19.4 Å². The zero-order chi connectivity index (χ0) is 14.5. The zero-order valence-electron chi connectivity index (χ0n) is 10.9. The van der Waals surface area contributed by atoms with E-state index in [4.69, 9.17) is 4.74 Å². The third-order valence-electron chi connectivity index (χ3n) is 3.06. The van der Waals surface area contributed by atoms with Crippen molar-refractivity contribution in [2.24, 2.45) is 0 Å². The summed E-state index contributed by atoms with van der Waals surface area (Å²) in [7, 11) is 1.54. The van der Waals surface area contributed by atoms with Gasteiger partial charge in [-0.1, -0.05) is 30.3 Å². The molecule has 0 amide bonds. The van der Waals surface area contributed by atoms with Gasteiger partial charge in [-0.05, 0) is 29.3 Å². The molecule has 0 spiro atoms. The van der Waals surface area contributed by atoms with Gasteiger partial charge >= 0.3 is 0 Å². The van der Waals surface area contributed by atoms with Gasteiger partial charge in [0.15, 0.2) is 0 Å². The molecular weight excluding hydrogens is 256 g/mol. The molecule has 2 rings (SSSR count). The fraction of sp³-hybridized carbons (Fsp3) is 0.125. The van der Waals surface area contributed by atoms with E-state index in [9.17, 15) is 14.7 Å². The van der Waals surface area contributed by atoms with Gasteiger partial charge in [0.1, 0.15) is 12.0 Å². The van der Waals surface area contributed by atoms with Crippen molar-refractivity contribution in [1.29, 1.82) is 0 Å². The highest BCUT2D eigenvalue weighted by molar-refractivity contribution is 5.81. The molecule has 0 aromatic heterocycles. The molecule has 20 heavy (non-hydrogen) atoms. The Labute approximate surface area is 116 Å². The lowest BCUT2D eigenvalue weighted by Crippen LogP contribution is -2.30. The summed E-state index contributed by atoms with van der Waals surface area (Å²) in [5.74, 6) is -1.48. The third kappa shape index (κ3) is 2.85. The van der Waals surface area contributed by atoms with Gasteiger partial charge in [-0.15, -0.1) is 0 Å². The number of carboxylic acids is 1. The van der Waals surface area contributed by atoms with Gasteiger partial charge in [0, 0.05) is 11.5 Å². The Morgan fingerprint density at radius 3 is 2.40 bits per heavy atom. The SMILES string of the molecule is COc1ccc(C(C(=O)[O-])c2cccc(C=O)c2)cc1. The van der Waals surface area contributed by atoms with Crippen LogP contribution in [0.5, 0.6) is 5.75 Å². The molecule has 0 bridgehead atoms. The number of ether oxygens (including phenoxy) is 1. The molecule has 0 heterocycles. The first-order valence-electron chi connectivity index (χ1n) is 6.05. The van der Waals surface area contributed by atoms with Crippen LogP contribution in [0.4, 0.5) is 0 Å². The molecule has 0 radical (unpaired) electrons. The van der Waals surface area contributed by atoms with E-state index in [0.717, 1.165) is 0 Å². The highest BCUT2D eigenvalue weighted by Gasteiger charge is 2.16. The predicted octanol–water partition coefficient (Wildman–Crippen LogP) is 1.39. The number of carboxylic acid groups (broad SMARTS) is 1. The molecular formula is C16H13O4-. The maximum Gasteiger partial charge on any atom is 0.150 e. The molecule has 1 atom stereocenters. The topological polar surface area (TPSA) is 66.4 Å². The van der Waals surface area contributed by atoms with E-state index in [1.165, 1.54) is 0 Å². The van der Waals surface area contributed by atoms with E-state index >= 15 is 0 Å². The Kier molecular flexibility index (Phi) is 4.15. The van der Waals surface area contributed by atoms with Crippen molar-refractivity contribution in [3.63, 3.8) is 0 Å². The number of aliphatic carboxylic acids is 1. The molecule has 4 heteroatoms. The molecule has 1 unspecified atom stereocenters. The predicted molar refractivity (Wildman–Crippen MR) is 71.7 cm³/mol. The van der Waals surface area contributed by atoms with Gasteiger partial charge in [-0.25, -0.2) is 0 Å². The van der Waals surface area contributed by atoms with Crippen molar-refractivity contribution in [2.45, 2.75) is 5.92 Å². The van der Waals surface area contributed by atoms with Crippen molar-refractivity contribution >= 4 is 12.3 Å². The average molecular weight is 269 g/mol. The van der Waals surface area contributed by atoms with Crippen LogP contribution < -0.4 is 9.84 Å². The van der Waals surface area contributed by atoms with Crippen LogP contribution in [0.15, 0.2) is 48.5 Å². The number of carbonyl (C=O) groups excluding carboxylic acids is 2. The number of hydrogen-bond acceptors (Lipinski definition) is 4. The van der Waals surface area contributed by atoms with E-state index in [2.05, 4.69) is 0 Å². The number of rotatable bonds is 5. The van der Waals surface area contributed by atoms with E-state index < -0.39 is 11.9 Å². The molecule has 0 saturated carbocycles. The second kappa shape index (κ2) is 6.02. The lowest BCUT2D eigenvalue weighted by molar-refractivity contribution is -0.306. The number of benzene rings is 2. The van der Waals surface area contributed by atoms with E-state index in [1.54, 1.807) is 55.6 Å². The van der Waals surface area contributed by atoms with E-state index in [0.29, 0.717) is 28.7 Å². The smallest absolute Gasteiger partial charge is 0.150 e. The maximum atomic E-state index is 11.4. The molecule has 0 fully saturated rings. The van der Waals surface area contributed by atoms with Crippen LogP contribution in [-0.4, -0.2) is 19.4 Å². The number of carbonyl (C=O) groups is 2. The largest absolute Gasteiger partial charge is 0.549 e. The second-order valence-corrected chi connectivity index (χ2v) is 4.31. The summed E-state index contributed by atoms with van der Waals surface area (Å²) in [6.45, 7) is 0. The van der Waals surface area contributed by atoms with Crippen LogP contribution in [0.1, 0.15) is 27.4 Å².